The largest absolute Gasteiger partial charge is 0.485 e. The zero-order valence-corrected chi connectivity index (χ0v) is 12.3. The number of aromatic nitrogens is 1. The summed E-state index contributed by atoms with van der Waals surface area (Å²) >= 11 is 1.31. The van der Waals surface area contributed by atoms with Gasteiger partial charge in [0.25, 0.3) is 5.91 Å². The zero-order valence-electron chi connectivity index (χ0n) is 11.4. The second kappa shape index (κ2) is 6.44. The fourth-order valence-electron chi connectivity index (χ4n) is 1.88. The molecule has 0 saturated heterocycles. The summed E-state index contributed by atoms with van der Waals surface area (Å²) in [4.78, 5) is 27.6. The minimum atomic E-state index is -0.775. The van der Waals surface area contributed by atoms with Gasteiger partial charge in [-0.15, -0.1) is 11.3 Å². The summed E-state index contributed by atoms with van der Waals surface area (Å²) in [6.07, 6.45) is 0.811. The van der Waals surface area contributed by atoms with Gasteiger partial charge >= 0.3 is 0 Å². The van der Waals surface area contributed by atoms with E-state index in [0.29, 0.717) is 16.6 Å². The van der Waals surface area contributed by atoms with Crippen molar-refractivity contribution < 1.29 is 19.1 Å². The summed E-state index contributed by atoms with van der Waals surface area (Å²) in [5.41, 5.74) is 0. The lowest BCUT2D eigenvalue weighted by atomic mass is 10.2. The van der Waals surface area contributed by atoms with E-state index in [1.54, 1.807) is 29.8 Å². The van der Waals surface area contributed by atoms with E-state index in [1.165, 1.54) is 11.3 Å². The number of hydrogen-bond donors (Lipinski definition) is 2. The third-order valence-electron chi connectivity index (χ3n) is 2.90. The molecule has 2 amide bonds. The van der Waals surface area contributed by atoms with Crippen LogP contribution in [0.4, 0.5) is 5.13 Å². The topological polar surface area (TPSA) is 89.6 Å². The van der Waals surface area contributed by atoms with Crippen LogP contribution in [0.15, 0.2) is 35.8 Å². The third kappa shape index (κ3) is 3.34. The molecule has 2 heterocycles. The van der Waals surface area contributed by atoms with Crippen LogP contribution in [0.5, 0.6) is 11.5 Å². The Balaban J connectivity index is 1.49. The standard InChI is InChI=1S/C14H13N3O4S/c18-12(17-14-15-5-6-22-14)7-16-13(19)11-8-20-9-3-1-2-4-10(9)21-11/h1-6,11H,7-8H2,(H,16,19)(H,15,17,18)/t11-/m1/s1. The highest BCUT2D eigenvalue weighted by Gasteiger charge is 2.27. The SMILES string of the molecule is O=C(CNC(=O)[C@H]1COc2ccccc2O1)Nc1nccs1. The number of amides is 2. The molecule has 1 aromatic heterocycles. The molecule has 7 nitrogen and oxygen atoms in total. The molecule has 0 aliphatic carbocycles. The molecule has 0 spiro atoms. The highest BCUT2D eigenvalue weighted by Crippen LogP contribution is 2.30. The lowest BCUT2D eigenvalue weighted by Crippen LogP contribution is -2.46. The smallest absolute Gasteiger partial charge is 0.265 e. The van der Waals surface area contributed by atoms with Gasteiger partial charge in [-0.3, -0.25) is 9.59 Å². The molecular formula is C14H13N3O4S. The predicted octanol–water partition coefficient (Wildman–Crippen LogP) is 1.04. The number of hydrogen-bond acceptors (Lipinski definition) is 6. The highest BCUT2D eigenvalue weighted by molar-refractivity contribution is 7.13. The van der Waals surface area contributed by atoms with Crippen molar-refractivity contribution in [2.24, 2.45) is 0 Å². The lowest BCUT2D eigenvalue weighted by molar-refractivity contribution is -0.131. The first-order valence-corrected chi connectivity index (χ1v) is 7.46. The Kier molecular flexibility index (Phi) is 4.19. The van der Waals surface area contributed by atoms with E-state index in [-0.39, 0.29) is 19.1 Å². The van der Waals surface area contributed by atoms with Gasteiger partial charge in [-0.2, -0.15) is 0 Å². The molecule has 1 aliphatic rings. The average Bonchev–Trinajstić information content (AvgIpc) is 3.05. The number of ether oxygens (including phenoxy) is 2. The molecule has 22 heavy (non-hydrogen) atoms. The van der Waals surface area contributed by atoms with Gasteiger partial charge in [-0.05, 0) is 12.1 Å². The molecule has 1 aromatic carbocycles. The van der Waals surface area contributed by atoms with Crippen molar-refractivity contribution in [2.45, 2.75) is 6.10 Å². The van der Waals surface area contributed by atoms with E-state index in [1.807, 2.05) is 6.07 Å². The van der Waals surface area contributed by atoms with Crippen LogP contribution in [0.25, 0.3) is 0 Å². The number of carbonyl (C=O) groups excluding carboxylic acids is 2. The molecule has 0 saturated carbocycles. The first kappa shape index (κ1) is 14.3. The molecule has 114 valence electrons. The summed E-state index contributed by atoms with van der Waals surface area (Å²) in [7, 11) is 0. The number of rotatable bonds is 4. The fraction of sp³-hybridized carbons (Fsp3) is 0.214. The maximum atomic E-state index is 12.0. The van der Waals surface area contributed by atoms with Gasteiger partial charge in [0, 0.05) is 11.6 Å². The molecule has 0 bridgehead atoms. The van der Waals surface area contributed by atoms with Crippen molar-refractivity contribution in [3.63, 3.8) is 0 Å². The van der Waals surface area contributed by atoms with Gasteiger partial charge in [0.1, 0.15) is 6.61 Å². The average molecular weight is 319 g/mol. The van der Waals surface area contributed by atoms with Crippen molar-refractivity contribution in [1.82, 2.24) is 10.3 Å². The molecule has 1 atom stereocenters. The van der Waals surface area contributed by atoms with E-state index < -0.39 is 12.0 Å². The number of nitrogens with zero attached hydrogens (tertiary/aromatic N) is 1. The van der Waals surface area contributed by atoms with Crippen LogP contribution in [-0.4, -0.2) is 36.1 Å². The van der Waals surface area contributed by atoms with E-state index >= 15 is 0 Å². The number of carbonyl (C=O) groups is 2. The minimum absolute atomic E-state index is 0.108. The van der Waals surface area contributed by atoms with Gasteiger partial charge < -0.3 is 20.1 Å². The van der Waals surface area contributed by atoms with Gasteiger partial charge in [0.15, 0.2) is 16.6 Å². The lowest BCUT2D eigenvalue weighted by Gasteiger charge is -2.25. The summed E-state index contributed by atoms with van der Waals surface area (Å²) in [5, 5.41) is 7.33. The monoisotopic (exact) mass is 319 g/mol. The molecule has 0 fully saturated rings. The van der Waals surface area contributed by atoms with Crippen LogP contribution in [0.3, 0.4) is 0 Å². The van der Waals surface area contributed by atoms with Crippen LogP contribution in [0.1, 0.15) is 0 Å². The van der Waals surface area contributed by atoms with Gasteiger partial charge in [0.05, 0.1) is 6.54 Å². The summed E-state index contributed by atoms with van der Waals surface area (Å²) in [6.45, 7) is -0.0448. The van der Waals surface area contributed by atoms with Crippen LogP contribution >= 0.6 is 11.3 Å². The Labute approximate surface area is 130 Å². The Morgan fingerprint density at radius 1 is 1.32 bits per heavy atom. The minimum Gasteiger partial charge on any atom is -0.485 e. The fourth-order valence-corrected chi connectivity index (χ4v) is 2.42. The Morgan fingerprint density at radius 2 is 2.14 bits per heavy atom. The maximum absolute atomic E-state index is 12.0. The summed E-state index contributed by atoms with van der Waals surface area (Å²) in [5.74, 6) is 0.374. The van der Waals surface area contributed by atoms with E-state index in [2.05, 4.69) is 15.6 Å². The quantitative estimate of drug-likeness (QED) is 0.879. The number of fused-ring (bicyclic) bond motifs is 1. The summed E-state index contributed by atoms with van der Waals surface area (Å²) in [6, 6.07) is 7.12. The van der Waals surface area contributed by atoms with Gasteiger partial charge in [-0.25, -0.2) is 4.98 Å². The molecule has 8 heteroatoms. The van der Waals surface area contributed by atoms with Crippen molar-refractivity contribution >= 4 is 28.3 Å². The normalized spacial score (nSPS) is 15.9. The molecule has 2 aromatic rings. The van der Waals surface area contributed by atoms with Crippen molar-refractivity contribution in [3.05, 3.63) is 35.8 Å². The number of thiazole rings is 1. The zero-order chi connectivity index (χ0) is 15.4. The first-order chi connectivity index (χ1) is 10.7. The molecular weight excluding hydrogens is 306 g/mol. The number of benzene rings is 1. The van der Waals surface area contributed by atoms with Gasteiger partial charge in [0.2, 0.25) is 12.0 Å². The molecule has 1 aliphatic heterocycles. The second-order valence-electron chi connectivity index (χ2n) is 4.47. The van der Waals surface area contributed by atoms with Crippen LogP contribution in [-0.2, 0) is 9.59 Å². The van der Waals surface area contributed by atoms with E-state index in [9.17, 15) is 9.59 Å². The number of para-hydroxylation sites is 2. The highest BCUT2D eigenvalue weighted by atomic mass is 32.1. The maximum Gasteiger partial charge on any atom is 0.265 e. The third-order valence-corrected chi connectivity index (χ3v) is 3.59. The van der Waals surface area contributed by atoms with Crippen LogP contribution < -0.4 is 20.1 Å². The van der Waals surface area contributed by atoms with E-state index in [0.717, 1.165) is 0 Å². The first-order valence-electron chi connectivity index (χ1n) is 6.58. The molecule has 3 rings (SSSR count). The Morgan fingerprint density at radius 3 is 2.91 bits per heavy atom. The van der Waals surface area contributed by atoms with Crippen molar-refractivity contribution in [2.75, 3.05) is 18.5 Å². The summed E-state index contributed by atoms with van der Waals surface area (Å²) < 4.78 is 11.0. The van der Waals surface area contributed by atoms with Crippen LogP contribution in [0.2, 0.25) is 0 Å². The molecule has 0 radical (unpaired) electrons. The van der Waals surface area contributed by atoms with Gasteiger partial charge in [-0.1, -0.05) is 12.1 Å². The number of anilines is 1. The Bertz CT molecular complexity index is 674. The second-order valence-corrected chi connectivity index (χ2v) is 5.36. The van der Waals surface area contributed by atoms with Crippen LogP contribution in [0, 0.1) is 0 Å². The predicted molar refractivity (Wildman–Crippen MR) is 80.1 cm³/mol. The molecule has 2 N–H and O–H groups in total. The molecule has 0 unspecified atom stereocenters. The number of nitrogens with one attached hydrogen (secondary N) is 2. The van der Waals surface area contributed by atoms with Crippen molar-refractivity contribution in [3.8, 4) is 11.5 Å². The Hall–Kier alpha value is -2.61. The van der Waals surface area contributed by atoms with E-state index in [4.69, 9.17) is 9.47 Å². The van der Waals surface area contributed by atoms with Crippen molar-refractivity contribution in [1.29, 1.82) is 0 Å².